The first-order chi connectivity index (χ1) is 10.0. The van der Waals surface area contributed by atoms with Crippen molar-refractivity contribution >= 4 is 21.6 Å². The normalized spacial score (nSPS) is 12.4. The van der Waals surface area contributed by atoms with E-state index in [4.69, 9.17) is 0 Å². The second-order valence-electron chi connectivity index (χ2n) is 5.36. The number of nitrogens with one attached hydrogen (secondary N) is 1. The van der Waals surface area contributed by atoms with Crippen LogP contribution in [0.2, 0.25) is 0 Å². The van der Waals surface area contributed by atoms with E-state index in [9.17, 15) is 0 Å². The van der Waals surface area contributed by atoms with Gasteiger partial charge in [0.1, 0.15) is 0 Å². The molecule has 1 aromatic carbocycles. The van der Waals surface area contributed by atoms with E-state index in [0.717, 1.165) is 17.6 Å². The Morgan fingerprint density at radius 3 is 2.81 bits per heavy atom. The van der Waals surface area contributed by atoms with Crippen molar-refractivity contribution in [3.05, 3.63) is 46.2 Å². The monoisotopic (exact) mass is 350 g/mol. The molecule has 0 saturated carbocycles. The van der Waals surface area contributed by atoms with Gasteiger partial charge in [-0.25, -0.2) is 0 Å². The average molecular weight is 351 g/mol. The third-order valence-corrected chi connectivity index (χ3v) is 4.05. The van der Waals surface area contributed by atoms with Gasteiger partial charge in [-0.2, -0.15) is 5.10 Å². The Morgan fingerprint density at radius 2 is 2.19 bits per heavy atom. The second-order valence-corrected chi connectivity index (χ2v) is 6.28. The Morgan fingerprint density at radius 1 is 1.43 bits per heavy atom. The zero-order valence-corrected chi connectivity index (χ0v) is 14.7. The van der Waals surface area contributed by atoms with Gasteiger partial charge >= 0.3 is 0 Å². The number of hydrogen-bond acceptors (Lipinski definition) is 3. The molecular weight excluding hydrogens is 328 g/mol. The van der Waals surface area contributed by atoms with E-state index < -0.39 is 0 Å². The van der Waals surface area contributed by atoms with Gasteiger partial charge < -0.3 is 10.2 Å². The third-order valence-electron chi connectivity index (χ3n) is 3.56. The zero-order chi connectivity index (χ0) is 15.4. The summed E-state index contributed by atoms with van der Waals surface area (Å²) in [5.41, 5.74) is 3.76. The summed E-state index contributed by atoms with van der Waals surface area (Å²) < 4.78 is 2.94. The smallest absolute Gasteiger partial charge is 0.0539 e. The predicted octanol–water partition coefficient (Wildman–Crippen LogP) is 3.49. The molecule has 0 saturated heterocycles. The summed E-state index contributed by atoms with van der Waals surface area (Å²) in [6.45, 7) is 6.14. The number of halogens is 1. The Bertz CT molecular complexity index is 594. The number of rotatable bonds is 6. The first kappa shape index (κ1) is 16.0. The predicted molar refractivity (Wildman–Crippen MR) is 91.5 cm³/mol. The molecule has 0 aliphatic carbocycles. The molecule has 0 radical (unpaired) electrons. The first-order valence-corrected chi connectivity index (χ1v) is 8.02. The molecule has 0 amide bonds. The van der Waals surface area contributed by atoms with Gasteiger partial charge in [-0.15, -0.1) is 0 Å². The molecule has 21 heavy (non-hydrogen) atoms. The maximum Gasteiger partial charge on any atom is 0.0539 e. The molecule has 1 atom stereocenters. The highest BCUT2D eigenvalue weighted by Gasteiger charge is 2.14. The van der Waals surface area contributed by atoms with Crippen LogP contribution in [0.5, 0.6) is 0 Å². The van der Waals surface area contributed by atoms with Gasteiger partial charge in [0.15, 0.2) is 0 Å². The summed E-state index contributed by atoms with van der Waals surface area (Å²) in [6.07, 6.45) is 3.98. The highest BCUT2D eigenvalue weighted by molar-refractivity contribution is 9.10. The van der Waals surface area contributed by atoms with Crippen LogP contribution in [-0.4, -0.2) is 23.4 Å². The molecule has 114 valence electrons. The van der Waals surface area contributed by atoms with E-state index in [0.29, 0.717) is 6.04 Å². The summed E-state index contributed by atoms with van der Waals surface area (Å²) in [5.74, 6) is 0. The van der Waals surface area contributed by atoms with E-state index in [1.165, 1.54) is 16.8 Å². The van der Waals surface area contributed by atoms with Gasteiger partial charge in [-0.1, -0.05) is 28.9 Å². The average Bonchev–Trinajstić information content (AvgIpc) is 2.84. The lowest BCUT2D eigenvalue weighted by atomic mass is 10.0. The summed E-state index contributed by atoms with van der Waals surface area (Å²) >= 11 is 3.58. The van der Waals surface area contributed by atoms with Crippen molar-refractivity contribution in [2.75, 3.05) is 18.5 Å². The van der Waals surface area contributed by atoms with Gasteiger partial charge in [0.2, 0.25) is 0 Å². The summed E-state index contributed by atoms with van der Waals surface area (Å²) in [4.78, 5) is 2.27. The SMILES string of the molecule is CCNC(C)c1ccc(Br)cc1N(C)Cc1cnn(C)c1. The fourth-order valence-electron chi connectivity index (χ4n) is 2.54. The highest BCUT2D eigenvalue weighted by atomic mass is 79.9. The van der Waals surface area contributed by atoms with Crippen LogP contribution in [0.1, 0.15) is 31.0 Å². The first-order valence-electron chi connectivity index (χ1n) is 7.22. The molecule has 0 bridgehead atoms. The number of nitrogens with zero attached hydrogens (tertiary/aromatic N) is 3. The van der Waals surface area contributed by atoms with Gasteiger partial charge in [-0.05, 0) is 31.2 Å². The molecule has 1 aromatic heterocycles. The van der Waals surface area contributed by atoms with Crippen molar-refractivity contribution in [2.45, 2.75) is 26.4 Å². The Hall–Kier alpha value is -1.33. The highest BCUT2D eigenvalue weighted by Crippen LogP contribution is 2.30. The lowest BCUT2D eigenvalue weighted by Gasteiger charge is -2.25. The topological polar surface area (TPSA) is 33.1 Å². The van der Waals surface area contributed by atoms with E-state index in [1.54, 1.807) is 0 Å². The van der Waals surface area contributed by atoms with Crippen molar-refractivity contribution < 1.29 is 0 Å². The van der Waals surface area contributed by atoms with Gasteiger partial charge in [0.05, 0.1) is 6.20 Å². The van der Waals surface area contributed by atoms with Gasteiger partial charge in [0.25, 0.3) is 0 Å². The largest absolute Gasteiger partial charge is 0.370 e. The van der Waals surface area contributed by atoms with Crippen molar-refractivity contribution in [1.29, 1.82) is 0 Å². The van der Waals surface area contributed by atoms with Crippen LogP contribution >= 0.6 is 15.9 Å². The standard InChI is InChI=1S/C16H23BrN4/c1-5-18-12(2)15-7-6-14(17)8-16(15)20(3)10-13-9-19-21(4)11-13/h6-9,11-12,18H,5,10H2,1-4H3. The molecular formula is C16H23BrN4. The molecule has 1 heterocycles. The van der Waals surface area contributed by atoms with E-state index in [-0.39, 0.29) is 0 Å². The van der Waals surface area contributed by atoms with Crippen LogP contribution in [0.25, 0.3) is 0 Å². The maximum absolute atomic E-state index is 4.24. The fraction of sp³-hybridized carbons (Fsp3) is 0.438. The van der Waals surface area contributed by atoms with Crippen molar-refractivity contribution in [2.24, 2.45) is 7.05 Å². The van der Waals surface area contributed by atoms with E-state index in [1.807, 2.05) is 17.9 Å². The molecule has 1 N–H and O–H groups in total. The minimum Gasteiger partial charge on any atom is -0.370 e. The molecule has 1 unspecified atom stereocenters. The molecule has 5 heteroatoms. The van der Waals surface area contributed by atoms with Crippen LogP contribution in [-0.2, 0) is 13.6 Å². The molecule has 4 nitrogen and oxygen atoms in total. The molecule has 0 spiro atoms. The lowest BCUT2D eigenvalue weighted by molar-refractivity contribution is 0.596. The summed E-state index contributed by atoms with van der Waals surface area (Å²) in [7, 11) is 4.07. The third kappa shape index (κ3) is 4.08. The van der Waals surface area contributed by atoms with Crippen LogP contribution in [0.3, 0.4) is 0 Å². The number of aromatic nitrogens is 2. The number of anilines is 1. The molecule has 2 aromatic rings. The molecule has 0 aliphatic rings. The van der Waals surface area contributed by atoms with Crippen molar-refractivity contribution in [3.63, 3.8) is 0 Å². The van der Waals surface area contributed by atoms with E-state index in [2.05, 4.69) is 76.5 Å². The van der Waals surface area contributed by atoms with E-state index >= 15 is 0 Å². The summed E-state index contributed by atoms with van der Waals surface area (Å²) in [6, 6.07) is 6.80. The van der Waals surface area contributed by atoms with Gasteiger partial charge in [0, 0.05) is 48.6 Å². The van der Waals surface area contributed by atoms with Crippen LogP contribution in [0, 0.1) is 0 Å². The molecule has 0 fully saturated rings. The summed E-state index contributed by atoms with van der Waals surface area (Å²) in [5, 5.41) is 7.72. The Kier molecular flexibility index (Phi) is 5.42. The minimum absolute atomic E-state index is 0.328. The Balaban J connectivity index is 2.25. The van der Waals surface area contributed by atoms with Crippen LogP contribution in [0.15, 0.2) is 35.1 Å². The number of aryl methyl sites for hydroxylation is 1. The number of benzene rings is 1. The van der Waals surface area contributed by atoms with Crippen LogP contribution < -0.4 is 10.2 Å². The zero-order valence-electron chi connectivity index (χ0n) is 13.1. The maximum atomic E-state index is 4.24. The lowest BCUT2D eigenvalue weighted by Crippen LogP contribution is -2.23. The molecule has 0 aliphatic heterocycles. The second kappa shape index (κ2) is 7.09. The van der Waals surface area contributed by atoms with Crippen LogP contribution in [0.4, 0.5) is 5.69 Å². The van der Waals surface area contributed by atoms with Crippen molar-refractivity contribution in [3.8, 4) is 0 Å². The quantitative estimate of drug-likeness (QED) is 0.865. The minimum atomic E-state index is 0.328. The van der Waals surface area contributed by atoms with Crippen molar-refractivity contribution in [1.82, 2.24) is 15.1 Å². The number of hydrogen-bond donors (Lipinski definition) is 1. The van der Waals surface area contributed by atoms with Gasteiger partial charge in [-0.3, -0.25) is 4.68 Å². The Labute approximate surface area is 135 Å². The molecule has 2 rings (SSSR count). The fourth-order valence-corrected chi connectivity index (χ4v) is 2.89.